The highest BCUT2D eigenvalue weighted by Gasteiger charge is 2.22. The normalized spacial score (nSPS) is 13.6. The highest BCUT2D eigenvalue weighted by Crippen LogP contribution is 2.30. The van der Waals surface area contributed by atoms with Gasteiger partial charge in [-0.3, -0.25) is 19.9 Å². The third-order valence-corrected chi connectivity index (χ3v) is 5.46. The fraction of sp³-hybridized carbons (Fsp3) is 0.217. The lowest BCUT2D eigenvalue weighted by Gasteiger charge is -2.09. The van der Waals surface area contributed by atoms with Crippen molar-refractivity contribution in [2.24, 2.45) is 5.92 Å². The van der Waals surface area contributed by atoms with Gasteiger partial charge in [-0.05, 0) is 42.9 Å². The number of fused-ring (bicyclic) bond motifs is 1. The van der Waals surface area contributed by atoms with Crippen molar-refractivity contribution in [2.75, 3.05) is 6.54 Å². The average molecular weight is 383 g/mol. The molecule has 0 unspecified atom stereocenters. The molecule has 1 saturated carbocycles. The summed E-state index contributed by atoms with van der Waals surface area (Å²) >= 11 is 0. The molecule has 3 heterocycles. The zero-order valence-electron chi connectivity index (χ0n) is 16.1. The van der Waals surface area contributed by atoms with Crippen LogP contribution in [0.5, 0.6) is 0 Å². The molecule has 1 amide bonds. The molecule has 1 aromatic carbocycles. The Hall–Kier alpha value is -3.54. The summed E-state index contributed by atoms with van der Waals surface area (Å²) in [5, 5.41) is 11.0. The minimum atomic E-state index is -0.0696. The van der Waals surface area contributed by atoms with E-state index < -0.39 is 0 Å². The number of hydrogen-bond acceptors (Lipinski definition) is 4. The van der Waals surface area contributed by atoms with E-state index in [2.05, 4.69) is 49.7 Å². The maximum atomic E-state index is 12.5. The quantitative estimate of drug-likeness (QED) is 0.543. The summed E-state index contributed by atoms with van der Waals surface area (Å²) in [6.07, 6.45) is 9.50. The van der Waals surface area contributed by atoms with E-state index in [1.165, 1.54) is 12.8 Å². The molecular weight excluding hydrogens is 362 g/mol. The lowest BCUT2D eigenvalue weighted by Crippen LogP contribution is -2.25. The Morgan fingerprint density at radius 1 is 1.10 bits per heavy atom. The first kappa shape index (κ1) is 17.6. The summed E-state index contributed by atoms with van der Waals surface area (Å²) in [4.78, 5) is 21.3. The maximum Gasteiger partial charge on any atom is 0.252 e. The van der Waals surface area contributed by atoms with Crippen LogP contribution in [0.3, 0.4) is 0 Å². The summed E-state index contributed by atoms with van der Waals surface area (Å²) in [5.41, 5.74) is 6.51. The molecule has 5 rings (SSSR count). The number of benzene rings is 1. The van der Waals surface area contributed by atoms with Gasteiger partial charge in [-0.2, -0.15) is 5.10 Å². The van der Waals surface area contributed by atoms with E-state index in [1.807, 2.05) is 25.4 Å². The van der Waals surface area contributed by atoms with Gasteiger partial charge in [0.15, 0.2) is 0 Å². The van der Waals surface area contributed by atoms with Crippen LogP contribution in [-0.2, 0) is 0 Å². The number of carbonyl (C=O) groups excluding carboxylic acids is 1. The van der Waals surface area contributed by atoms with Gasteiger partial charge in [0, 0.05) is 41.6 Å². The van der Waals surface area contributed by atoms with E-state index in [-0.39, 0.29) is 5.91 Å². The van der Waals surface area contributed by atoms with Gasteiger partial charge in [0.1, 0.15) is 0 Å². The predicted molar refractivity (Wildman–Crippen MR) is 112 cm³/mol. The molecule has 0 aliphatic heterocycles. The Morgan fingerprint density at radius 2 is 1.86 bits per heavy atom. The molecule has 4 aromatic rings. The number of aryl methyl sites for hydroxylation is 1. The predicted octanol–water partition coefficient (Wildman–Crippen LogP) is 4.14. The number of pyridine rings is 2. The van der Waals surface area contributed by atoms with Crippen LogP contribution < -0.4 is 5.32 Å². The molecular formula is C23H21N5O. The van der Waals surface area contributed by atoms with E-state index in [4.69, 9.17) is 0 Å². The van der Waals surface area contributed by atoms with Crippen LogP contribution in [0.25, 0.3) is 33.2 Å². The minimum absolute atomic E-state index is 0.0696. The number of hydrogen-bond donors (Lipinski definition) is 2. The molecule has 0 radical (unpaired) electrons. The number of nitrogens with one attached hydrogen (secondary N) is 2. The number of H-pyrrole nitrogens is 1. The summed E-state index contributed by atoms with van der Waals surface area (Å²) in [5.74, 6) is 0.573. The van der Waals surface area contributed by atoms with Gasteiger partial charge in [-0.15, -0.1) is 0 Å². The molecule has 0 spiro atoms. The number of aromatic nitrogens is 4. The van der Waals surface area contributed by atoms with Crippen molar-refractivity contribution >= 4 is 16.8 Å². The molecule has 0 atom stereocenters. The molecule has 0 bridgehead atoms. The van der Waals surface area contributed by atoms with Crippen LogP contribution in [0.4, 0.5) is 0 Å². The number of carbonyl (C=O) groups is 1. The third kappa shape index (κ3) is 3.49. The fourth-order valence-electron chi connectivity index (χ4n) is 3.54. The van der Waals surface area contributed by atoms with Crippen LogP contribution in [0, 0.1) is 12.8 Å². The SMILES string of the molecule is Cc1n[nH]cc1-c1ccc(-c2cncc3ncc(C(=O)NCC4CC4)cc23)cc1. The second-order valence-corrected chi connectivity index (χ2v) is 7.59. The zero-order valence-corrected chi connectivity index (χ0v) is 16.1. The van der Waals surface area contributed by atoms with Crippen molar-refractivity contribution in [1.29, 1.82) is 0 Å². The molecule has 29 heavy (non-hydrogen) atoms. The van der Waals surface area contributed by atoms with E-state index in [9.17, 15) is 4.79 Å². The average Bonchev–Trinajstić information content (AvgIpc) is 3.50. The molecule has 3 aromatic heterocycles. The first-order chi connectivity index (χ1) is 14.2. The summed E-state index contributed by atoms with van der Waals surface area (Å²) < 4.78 is 0. The Labute approximate surface area is 168 Å². The molecule has 6 heteroatoms. The van der Waals surface area contributed by atoms with E-state index >= 15 is 0 Å². The van der Waals surface area contributed by atoms with Crippen molar-refractivity contribution in [3.05, 3.63) is 66.4 Å². The first-order valence-electron chi connectivity index (χ1n) is 9.82. The second-order valence-electron chi connectivity index (χ2n) is 7.59. The fourth-order valence-corrected chi connectivity index (χ4v) is 3.54. The van der Waals surface area contributed by atoms with Crippen molar-refractivity contribution in [1.82, 2.24) is 25.5 Å². The summed E-state index contributed by atoms with van der Waals surface area (Å²) in [7, 11) is 0. The lowest BCUT2D eigenvalue weighted by atomic mass is 9.99. The number of rotatable bonds is 5. The van der Waals surface area contributed by atoms with Crippen LogP contribution in [0.1, 0.15) is 28.9 Å². The smallest absolute Gasteiger partial charge is 0.252 e. The van der Waals surface area contributed by atoms with Crippen molar-refractivity contribution in [3.63, 3.8) is 0 Å². The summed E-state index contributed by atoms with van der Waals surface area (Å²) in [6, 6.07) is 10.2. The molecule has 2 N–H and O–H groups in total. The third-order valence-electron chi connectivity index (χ3n) is 5.46. The summed E-state index contributed by atoms with van der Waals surface area (Å²) in [6.45, 7) is 2.73. The van der Waals surface area contributed by atoms with Gasteiger partial charge in [0.2, 0.25) is 0 Å². The molecule has 1 fully saturated rings. The monoisotopic (exact) mass is 383 g/mol. The largest absolute Gasteiger partial charge is 0.352 e. The topological polar surface area (TPSA) is 83.6 Å². The Morgan fingerprint density at radius 3 is 2.55 bits per heavy atom. The number of amides is 1. The van der Waals surface area contributed by atoms with Gasteiger partial charge in [0.05, 0.1) is 23.0 Å². The molecule has 0 saturated heterocycles. The van der Waals surface area contributed by atoms with Gasteiger partial charge < -0.3 is 5.32 Å². The molecule has 1 aliphatic rings. The van der Waals surface area contributed by atoms with Crippen molar-refractivity contribution < 1.29 is 4.79 Å². The van der Waals surface area contributed by atoms with Crippen LogP contribution in [-0.4, -0.2) is 32.6 Å². The van der Waals surface area contributed by atoms with Gasteiger partial charge in [-0.25, -0.2) is 0 Å². The van der Waals surface area contributed by atoms with E-state index in [0.717, 1.165) is 45.4 Å². The Balaban J connectivity index is 1.49. The van der Waals surface area contributed by atoms with Crippen molar-refractivity contribution in [3.8, 4) is 22.3 Å². The lowest BCUT2D eigenvalue weighted by molar-refractivity contribution is 0.0951. The molecule has 144 valence electrons. The van der Waals surface area contributed by atoms with E-state index in [1.54, 1.807) is 12.4 Å². The Bertz CT molecular complexity index is 1190. The van der Waals surface area contributed by atoms with Crippen LogP contribution in [0.15, 0.2) is 55.1 Å². The molecule has 1 aliphatic carbocycles. The number of aromatic amines is 1. The maximum absolute atomic E-state index is 12.5. The Kier molecular flexibility index (Phi) is 4.31. The van der Waals surface area contributed by atoms with Crippen LogP contribution in [0.2, 0.25) is 0 Å². The minimum Gasteiger partial charge on any atom is -0.352 e. The second kappa shape index (κ2) is 7.13. The van der Waals surface area contributed by atoms with Gasteiger partial charge in [-0.1, -0.05) is 24.3 Å². The molecule has 6 nitrogen and oxygen atoms in total. The van der Waals surface area contributed by atoms with E-state index in [0.29, 0.717) is 11.5 Å². The standard InChI is InChI=1S/C23H21N5O/c1-14-20(12-27-28-14)16-4-6-17(7-5-16)21-11-24-13-22-19(21)8-18(10-25-22)23(29)26-9-15-2-3-15/h4-8,10-13,15H,2-3,9H2,1H3,(H,26,29)(H,27,28). The zero-order chi connectivity index (χ0) is 19.8. The highest BCUT2D eigenvalue weighted by molar-refractivity contribution is 6.01. The van der Waals surface area contributed by atoms with Gasteiger partial charge in [0.25, 0.3) is 5.91 Å². The first-order valence-corrected chi connectivity index (χ1v) is 9.82. The van der Waals surface area contributed by atoms with Crippen LogP contribution >= 0.6 is 0 Å². The highest BCUT2D eigenvalue weighted by atomic mass is 16.1. The van der Waals surface area contributed by atoms with Crippen molar-refractivity contribution in [2.45, 2.75) is 19.8 Å². The number of nitrogens with zero attached hydrogens (tertiary/aromatic N) is 3. The van der Waals surface area contributed by atoms with Gasteiger partial charge >= 0.3 is 0 Å².